The topological polar surface area (TPSA) is 98.1 Å². The van der Waals surface area contributed by atoms with Crippen LogP contribution in [0.25, 0.3) is 0 Å². The third-order valence-corrected chi connectivity index (χ3v) is 3.72. The maximum Gasteiger partial charge on any atom is 0.246 e. The second-order valence-electron chi connectivity index (χ2n) is 5.46. The van der Waals surface area contributed by atoms with Crippen molar-refractivity contribution < 1.29 is 9.32 Å². The highest BCUT2D eigenvalue weighted by Gasteiger charge is 2.25. The van der Waals surface area contributed by atoms with Crippen LogP contribution in [0.5, 0.6) is 0 Å². The maximum absolute atomic E-state index is 12.1. The van der Waals surface area contributed by atoms with E-state index in [0.29, 0.717) is 31.2 Å². The minimum Gasteiger partial charge on any atom is -0.337 e. The van der Waals surface area contributed by atoms with Crippen molar-refractivity contribution in [1.82, 2.24) is 20.0 Å². The Balaban J connectivity index is 1.65. The van der Waals surface area contributed by atoms with Crippen LogP contribution in [-0.4, -0.2) is 38.5 Å². The van der Waals surface area contributed by atoms with Crippen LogP contribution >= 0.6 is 0 Å². The zero-order valence-corrected chi connectivity index (χ0v) is 12.3. The Morgan fingerprint density at radius 3 is 3.09 bits per heavy atom. The summed E-state index contributed by atoms with van der Waals surface area (Å²) < 4.78 is 5.24. The van der Waals surface area contributed by atoms with Gasteiger partial charge >= 0.3 is 0 Å². The molecule has 0 radical (unpaired) electrons. The number of nitrogens with two attached hydrogens (primary N) is 1. The number of hydrogen-bond acceptors (Lipinski definition) is 6. The van der Waals surface area contributed by atoms with Crippen molar-refractivity contribution in [3.05, 3.63) is 41.8 Å². The van der Waals surface area contributed by atoms with Gasteiger partial charge in [0, 0.05) is 18.4 Å². The Morgan fingerprint density at radius 1 is 1.36 bits per heavy atom. The van der Waals surface area contributed by atoms with E-state index in [4.69, 9.17) is 10.3 Å². The second-order valence-corrected chi connectivity index (χ2v) is 5.46. The molecular weight excluding hydrogens is 282 g/mol. The number of pyridine rings is 1. The lowest BCUT2D eigenvalue weighted by Gasteiger charge is -2.20. The molecule has 3 rings (SSSR count). The van der Waals surface area contributed by atoms with Crippen molar-refractivity contribution >= 4 is 5.91 Å². The lowest BCUT2D eigenvalue weighted by Crippen LogP contribution is -2.41. The molecule has 1 saturated heterocycles. The lowest BCUT2D eigenvalue weighted by atomic mass is 10.1. The highest BCUT2D eigenvalue weighted by molar-refractivity contribution is 5.81. The van der Waals surface area contributed by atoms with Gasteiger partial charge in [-0.1, -0.05) is 11.2 Å². The van der Waals surface area contributed by atoms with Gasteiger partial charge in [0.15, 0.2) is 5.82 Å². The van der Waals surface area contributed by atoms with Gasteiger partial charge in [0.1, 0.15) is 6.54 Å². The number of carbonyl (C=O) groups is 1. The van der Waals surface area contributed by atoms with E-state index in [2.05, 4.69) is 15.1 Å². The van der Waals surface area contributed by atoms with Gasteiger partial charge in [0.2, 0.25) is 11.8 Å². The number of rotatable bonds is 4. The molecule has 1 fully saturated rings. The Morgan fingerprint density at radius 2 is 2.27 bits per heavy atom. The molecule has 1 aliphatic rings. The molecule has 1 atom stereocenters. The molecule has 2 aromatic rings. The van der Waals surface area contributed by atoms with E-state index >= 15 is 0 Å². The maximum atomic E-state index is 12.1. The summed E-state index contributed by atoms with van der Waals surface area (Å²) in [5.74, 6) is 0.968. The SMILES string of the molecule is NC1CCCCN(Cc2nc(Cc3ccccn3)no2)C1=O. The zero-order valence-electron chi connectivity index (χ0n) is 12.3. The van der Waals surface area contributed by atoms with Gasteiger partial charge in [-0.3, -0.25) is 9.78 Å². The van der Waals surface area contributed by atoms with Crippen LogP contribution in [0.1, 0.15) is 36.7 Å². The fourth-order valence-corrected chi connectivity index (χ4v) is 2.55. The summed E-state index contributed by atoms with van der Waals surface area (Å²) in [5.41, 5.74) is 6.74. The summed E-state index contributed by atoms with van der Waals surface area (Å²) in [6.45, 7) is 1.01. The van der Waals surface area contributed by atoms with Gasteiger partial charge < -0.3 is 15.2 Å². The highest BCUT2D eigenvalue weighted by Crippen LogP contribution is 2.14. The Labute approximate surface area is 128 Å². The van der Waals surface area contributed by atoms with Crippen LogP contribution < -0.4 is 5.73 Å². The molecule has 7 nitrogen and oxygen atoms in total. The summed E-state index contributed by atoms with van der Waals surface area (Å²) in [5, 5.41) is 3.95. The van der Waals surface area contributed by atoms with Crippen molar-refractivity contribution in [3.8, 4) is 0 Å². The summed E-state index contributed by atoms with van der Waals surface area (Å²) in [6.07, 6.45) is 4.90. The van der Waals surface area contributed by atoms with E-state index in [0.717, 1.165) is 25.0 Å². The molecule has 1 aliphatic heterocycles. The van der Waals surface area contributed by atoms with E-state index in [1.165, 1.54) is 0 Å². The molecular formula is C15H19N5O2. The summed E-state index contributed by atoms with van der Waals surface area (Å²) in [6, 6.07) is 5.27. The Kier molecular flexibility index (Phi) is 4.43. The Bertz CT molecular complexity index is 628. The molecule has 0 saturated carbocycles. The minimum absolute atomic E-state index is 0.0398. The molecule has 0 aromatic carbocycles. The standard InChI is InChI=1S/C15H19N5O2/c16-12-6-2-4-8-20(15(12)21)10-14-18-13(19-22-14)9-11-5-1-3-7-17-11/h1,3,5,7,12H,2,4,6,8-10,16H2. The molecule has 116 valence electrons. The third-order valence-electron chi connectivity index (χ3n) is 3.72. The molecule has 1 amide bonds. The first-order valence-corrected chi connectivity index (χ1v) is 7.48. The molecule has 22 heavy (non-hydrogen) atoms. The van der Waals surface area contributed by atoms with Crippen LogP contribution in [0.15, 0.2) is 28.9 Å². The van der Waals surface area contributed by atoms with Crippen molar-refractivity contribution in [3.63, 3.8) is 0 Å². The summed E-state index contributed by atoms with van der Waals surface area (Å²) in [7, 11) is 0. The highest BCUT2D eigenvalue weighted by atomic mass is 16.5. The predicted octanol–water partition coefficient (Wildman–Crippen LogP) is 0.895. The number of aromatic nitrogens is 3. The first kappa shape index (κ1) is 14.6. The summed E-state index contributed by atoms with van der Waals surface area (Å²) in [4.78, 5) is 22.4. The van der Waals surface area contributed by atoms with Gasteiger partial charge in [0.05, 0.1) is 12.5 Å². The van der Waals surface area contributed by atoms with Crippen LogP contribution in [0.3, 0.4) is 0 Å². The fraction of sp³-hybridized carbons (Fsp3) is 0.467. The predicted molar refractivity (Wildman–Crippen MR) is 78.6 cm³/mol. The fourth-order valence-electron chi connectivity index (χ4n) is 2.55. The van der Waals surface area contributed by atoms with Crippen molar-refractivity contribution in [2.75, 3.05) is 6.54 Å². The van der Waals surface area contributed by atoms with Gasteiger partial charge in [-0.05, 0) is 31.4 Å². The van der Waals surface area contributed by atoms with Gasteiger partial charge in [-0.25, -0.2) is 0 Å². The molecule has 0 bridgehead atoms. The minimum atomic E-state index is -0.418. The smallest absolute Gasteiger partial charge is 0.246 e. The molecule has 2 aromatic heterocycles. The first-order chi connectivity index (χ1) is 10.7. The zero-order chi connectivity index (χ0) is 15.4. The average Bonchev–Trinajstić information content (AvgIpc) is 2.90. The van der Waals surface area contributed by atoms with Crippen LogP contribution in [-0.2, 0) is 17.8 Å². The first-order valence-electron chi connectivity index (χ1n) is 7.48. The number of amides is 1. The summed E-state index contributed by atoms with van der Waals surface area (Å²) >= 11 is 0. The second kappa shape index (κ2) is 6.65. The lowest BCUT2D eigenvalue weighted by molar-refractivity contribution is -0.133. The van der Waals surface area contributed by atoms with E-state index in [-0.39, 0.29) is 5.91 Å². The monoisotopic (exact) mass is 301 g/mol. The van der Waals surface area contributed by atoms with Gasteiger partial charge in [-0.2, -0.15) is 4.98 Å². The largest absolute Gasteiger partial charge is 0.337 e. The van der Waals surface area contributed by atoms with Crippen molar-refractivity contribution in [2.45, 2.75) is 38.3 Å². The van der Waals surface area contributed by atoms with E-state index < -0.39 is 6.04 Å². The van der Waals surface area contributed by atoms with Crippen LogP contribution in [0, 0.1) is 0 Å². The molecule has 0 spiro atoms. The molecule has 7 heteroatoms. The van der Waals surface area contributed by atoms with Gasteiger partial charge in [-0.15, -0.1) is 0 Å². The molecule has 3 heterocycles. The van der Waals surface area contributed by atoms with E-state index in [1.807, 2.05) is 18.2 Å². The molecule has 2 N–H and O–H groups in total. The van der Waals surface area contributed by atoms with Crippen LogP contribution in [0.2, 0.25) is 0 Å². The normalized spacial score (nSPS) is 19.2. The van der Waals surface area contributed by atoms with Crippen molar-refractivity contribution in [2.24, 2.45) is 5.73 Å². The number of nitrogens with zero attached hydrogens (tertiary/aromatic N) is 4. The quantitative estimate of drug-likeness (QED) is 0.900. The molecule has 1 unspecified atom stereocenters. The molecule has 0 aliphatic carbocycles. The van der Waals surface area contributed by atoms with Crippen LogP contribution in [0.4, 0.5) is 0 Å². The van der Waals surface area contributed by atoms with E-state index in [9.17, 15) is 4.79 Å². The van der Waals surface area contributed by atoms with E-state index in [1.54, 1.807) is 11.1 Å². The van der Waals surface area contributed by atoms with Gasteiger partial charge in [0.25, 0.3) is 0 Å². The Hall–Kier alpha value is -2.28. The number of carbonyl (C=O) groups excluding carboxylic acids is 1. The number of likely N-dealkylation sites (tertiary alicyclic amines) is 1. The van der Waals surface area contributed by atoms with Crippen molar-refractivity contribution in [1.29, 1.82) is 0 Å². The average molecular weight is 301 g/mol. The third kappa shape index (κ3) is 3.48. The number of hydrogen-bond donors (Lipinski definition) is 1.